The molecule has 0 atom stereocenters. The van der Waals surface area contributed by atoms with Crippen LogP contribution in [0, 0.1) is 5.41 Å². The summed E-state index contributed by atoms with van der Waals surface area (Å²) in [6, 6.07) is 6.28. The minimum Gasteiger partial charge on any atom is -0.508 e. The third kappa shape index (κ3) is 3.09. The molecule has 2 N–H and O–H groups in total. The maximum absolute atomic E-state index is 12.4. The van der Waals surface area contributed by atoms with Crippen LogP contribution in [0.15, 0.2) is 24.3 Å². The Balaban J connectivity index is 2.03. The number of carboxylic acid groups (broad SMARTS) is 1. The zero-order valence-corrected chi connectivity index (χ0v) is 12.2. The van der Waals surface area contributed by atoms with Crippen LogP contribution in [0.25, 0.3) is 0 Å². The summed E-state index contributed by atoms with van der Waals surface area (Å²) in [7, 11) is 1.64. The number of nitrogens with zero attached hydrogens (tertiary/aromatic N) is 2. The second kappa shape index (κ2) is 5.63. The summed E-state index contributed by atoms with van der Waals surface area (Å²) in [6.45, 7) is 2.56. The molecule has 6 heteroatoms. The number of likely N-dealkylation sites (tertiary alicyclic amines) is 1. The molecule has 1 heterocycles. The Labute approximate surface area is 123 Å². The van der Waals surface area contributed by atoms with Gasteiger partial charge in [0, 0.05) is 31.9 Å². The standard InChI is InChI=1S/C15H20N2O4/c1-15(13(19)20)6-8-17(9-7-15)14(21)16(2)11-4-3-5-12(18)10-11/h3-5,10,18H,6-9H2,1-2H3,(H,19,20). The van der Waals surface area contributed by atoms with E-state index in [1.807, 2.05) is 0 Å². The van der Waals surface area contributed by atoms with Gasteiger partial charge in [-0.25, -0.2) is 4.79 Å². The van der Waals surface area contributed by atoms with E-state index in [9.17, 15) is 19.8 Å². The van der Waals surface area contributed by atoms with Crippen LogP contribution in [-0.4, -0.2) is 47.3 Å². The van der Waals surface area contributed by atoms with Crippen LogP contribution in [0.3, 0.4) is 0 Å². The van der Waals surface area contributed by atoms with E-state index >= 15 is 0 Å². The van der Waals surface area contributed by atoms with Crippen LogP contribution in [0.1, 0.15) is 19.8 Å². The lowest BCUT2D eigenvalue weighted by molar-refractivity contribution is -0.150. The Morgan fingerprint density at radius 2 is 1.90 bits per heavy atom. The summed E-state index contributed by atoms with van der Waals surface area (Å²) in [6.07, 6.45) is 0.893. The van der Waals surface area contributed by atoms with Crippen LogP contribution in [0.2, 0.25) is 0 Å². The quantitative estimate of drug-likeness (QED) is 0.875. The van der Waals surface area contributed by atoms with Crippen molar-refractivity contribution in [2.45, 2.75) is 19.8 Å². The van der Waals surface area contributed by atoms with Crippen molar-refractivity contribution in [2.24, 2.45) is 5.41 Å². The lowest BCUT2D eigenvalue weighted by atomic mass is 9.80. The first-order chi connectivity index (χ1) is 9.83. The van der Waals surface area contributed by atoms with Gasteiger partial charge in [0.05, 0.1) is 5.41 Å². The maximum atomic E-state index is 12.4. The number of hydrogen-bond acceptors (Lipinski definition) is 3. The highest BCUT2D eigenvalue weighted by molar-refractivity contribution is 5.91. The summed E-state index contributed by atoms with van der Waals surface area (Å²) in [4.78, 5) is 26.7. The Bertz CT molecular complexity index is 550. The van der Waals surface area contributed by atoms with Crippen LogP contribution < -0.4 is 4.90 Å². The van der Waals surface area contributed by atoms with E-state index in [1.165, 1.54) is 11.0 Å². The highest BCUT2D eigenvalue weighted by Crippen LogP contribution is 2.31. The molecular weight excluding hydrogens is 272 g/mol. The van der Waals surface area contributed by atoms with Gasteiger partial charge in [0.2, 0.25) is 0 Å². The second-order valence-corrected chi connectivity index (χ2v) is 5.71. The Morgan fingerprint density at radius 1 is 1.29 bits per heavy atom. The lowest BCUT2D eigenvalue weighted by Gasteiger charge is -2.38. The van der Waals surface area contributed by atoms with Crippen molar-refractivity contribution in [3.05, 3.63) is 24.3 Å². The van der Waals surface area contributed by atoms with Gasteiger partial charge in [-0.3, -0.25) is 9.69 Å². The minimum atomic E-state index is -0.809. The SMILES string of the molecule is CN(C(=O)N1CCC(C)(C(=O)O)CC1)c1cccc(O)c1. The number of amides is 2. The van der Waals surface area contributed by atoms with Gasteiger partial charge in [-0.05, 0) is 31.9 Å². The Morgan fingerprint density at radius 3 is 2.43 bits per heavy atom. The Kier molecular flexibility index (Phi) is 4.06. The lowest BCUT2D eigenvalue weighted by Crippen LogP contribution is -2.49. The van der Waals surface area contributed by atoms with Gasteiger partial charge in [-0.2, -0.15) is 0 Å². The number of aliphatic carboxylic acids is 1. The molecule has 0 aromatic heterocycles. The number of carbonyl (C=O) groups excluding carboxylic acids is 1. The van der Waals surface area contributed by atoms with Crippen molar-refractivity contribution in [3.8, 4) is 5.75 Å². The zero-order chi connectivity index (χ0) is 15.6. The topological polar surface area (TPSA) is 81.1 Å². The van der Waals surface area contributed by atoms with Crippen molar-refractivity contribution in [3.63, 3.8) is 0 Å². The van der Waals surface area contributed by atoms with Crippen LogP contribution in [0.5, 0.6) is 5.75 Å². The molecule has 0 spiro atoms. The molecule has 6 nitrogen and oxygen atoms in total. The molecular formula is C15H20N2O4. The summed E-state index contributed by atoms with van der Waals surface area (Å²) in [5, 5.41) is 18.7. The minimum absolute atomic E-state index is 0.101. The molecule has 1 aliphatic rings. The van der Waals surface area contributed by atoms with Gasteiger partial charge in [0.1, 0.15) is 5.75 Å². The summed E-state index contributed by atoms with van der Waals surface area (Å²) in [5.41, 5.74) is -0.146. The number of anilines is 1. The third-order valence-corrected chi connectivity index (χ3v) is 4.16. The normalized spacial score (nSPS) is 17.3. The molecule has 1 aromatic rings. The number of hydrogen-bond donors (Lipinski definition) is 2. The second-order valence-electron chi connectivity index (χ2n) is 5.71. The van der Waals surface area contributed by atoms with E-state index in [-0.39, 0.29) is 11.8 Å². The van der Waals surface area contributed by atoms with E-state index in [1.54, 1.807) is 37.1 Å². The fraction of sp³-hybridized carbons (Fsp3) is 0.467. The fourth-order valence-electron chi connectivity index (χ4n) is 2.43. The van der Waals surface area contributed by atoms with Gasteiger partial charge in [0.15, 0.2) is 0 Å². The van der Waals surface area contributed by atoms with Gasteiger partial charge in [-0.1, -0.05) is 6.07 Å². The third-order valence-electron chi connectivity index (χ3n) is 4.16. The number of piperidine rings is 1. The van der Waals surface area contributed by atoms with E-state index in [4.69, 9.17) is 0 Å². The first kappa shape index (κ1) is 15.2. The van der Waals surface area contributed by atoms with Crippen molar-refractivity contribution in [2.75, 3.05) is 25.0 Å². The highest BCUT2D eigenvalue weighted by atomic mass is 16.4. The highest BCUT2D eigenvalue weighted by Gasteiger charge is 2.38. The average molecular weight is 292 g/mol. The number of carbonyl (C=O) groups is 2. The zero-order valence-electron chi connectivity index (χ0n) is 12.2. The molecule has 0 saturated carbocycles. The molecule has 1 fully saturated rings. The first-order valence-corrected chi connectivity index (χ1v) is 6.88. The molecule has 0 bridgehead atoms. The summed E-state index contributed by atoms with van der Waals surface area (Å²) in [5.74, 6) is -0.708. The molecule has 2 rings (SSSR count). The molecule has 1 aromatic carbocycles. The van der Waals surface area contributed by atoms with E-state index in [0.717, 1.165) is 0 Å². The predicted octanol–water partition coefficient (Wildman–Crippen LogP) is 2.14. The number of aromatic hydroxyl groups is 1. The average Bonchev–Trinajstić information content (AvgIpc) is 2.46. The largest absolute Gasteiger partial charge is 0.508 e. The van der Waals surface area contributed by atoms with Crippen molar-refractivity contribution in [1.29, 1.82) is 0 Å². The van der Waals surface area contributed by atoms with Gasteiger partial charge < -0.3 is 15.1 Å². The van der Waals surface area contributed by atoms with Gasteiger partial charge in [0.25, 0.3) is 0 Å². The first-order valence-electron chi connectivity index (χ1n) is 6.88. The molecule has 0 radical (unpaired) electrons. The van der Waals surface area contributed by atoms with Crippen LogP contribution in [-0.2, 0) is 4.79 Å². The fourth-order valence-corrected chi connectivity index (χ4v) is 2.43. The number of phenols is 1. The number of phenolic OH excluding ortho intramolecular Hbond substituents is 1. The molecule has 1 aliphatic heterocycles. The molecule has 114 valence electrons. The smallest absolute Gasteiger partial charge is 0.324 e. The molecule has 0 unspecified atom stereocenters. The van der Waals surface area contributed by atoms with Crippen LogP contribution >= 0.6 is 0 Å². The summed E-state index contributed by atoms with van der Waals surface area (Å²) < 4.78 is 0. The molecule has 2 amide bonds. The van der Waals surface area contributed by atoms with Gasteiger partial charge in [-0.15, -0.1) is 0 Å². The number of rotatable bonds is 2. The van der Waals surface area contributed by atoms with Gasteiger partial charge >= 0.3 is 12.0 Å². The number of carboxylic acids is 1. The van der Waals surface area contributed by atoms with E-state index < -0.39 is 11.4 Å². The number of urea groups is 1. The summed E-state index contributed by atoms with van der Waals surface area (Å²) >= 11 is 0. The van der Waals surface area contributed by atoms with Crippen molar-refractivity contribution in [1.82, 2.24) is 4.90 Å². The van der Waals surface area contributed by atoms with Crippen LogP contribution in [0.4, 0.5) is 10.5 Å². The monoisotopic (exact) mass is 292 g/mol. The number of benzene rings is 1. The van der Waals surface area contributed by atoms with E-state index in [0.29, 0.717) is 31.6 Å². The molecule has 0 aliphatic carbocycles. The van der Waals surface area contributed by atoms with Crippen molar-refractivity contribution >= 4 is 17.7 Å². The molecule has 1 saturated heterocycles. The predicted molar refractivity (Wildman–Crippen MR) is 78.5 cm³/mol. The Hall–Kier alpha value is -2.24. The van der Waals surface area contributed by atoms with E-state index in [2.05, 4.69) is 0 Å². The maximum Gasteiger partial charge on any atom is 0.324 e. The molecule has 21 heavy (non-hydrogen) atoms. The van der Waals surface area contributed by atoms with Crippen molar-refractivity contribution < 1.29 is 19.8 Å².